The fourth-order valence-corrected chi connectivity index (χ4v) is 2.34. The van der Waals surface area contributed by atoms with E-state index in [1.807, 2.05) is 0 Å². The predicted octanol–water partition coefficient (Wildman–Crippen LogP) is 1.91. The molecule has 6 nitrogen and oxygen atoms in total. The lowest BCUT2D eigenvalue weighted by Gasteiger charge is -2.23. The van der Waals surface area contributed by atoms with Gasteiger partial charge in [0.1, 0.15) is 0 Å². The van der Waals surface area contributed by atoms with Crippen LogP contribution in [0.15, 0.2) is 0 Å². The van der Waals surface area contributed by atoms with Gasteiger partial charge in [0, 0.05) is 13.6 Å². The molecular formula is C12H21N5O. The fraction of sp³-hybridized carbons (Fsp3) is 0.750. The van der Waals surface area contributed by atoms with Crippen LogP contribution in [0, 0.1) is 5.41 Å². The Morgan fingerprint density at radius 2 is 1.83 bits per heavy atom. The zero-order valence-electron chi connectivity index (χ0n) is 11.3. The Kier molecular flexibility index (Phi) is 3.84. The van der Waals surface area contributed by atoms with E-state index < -0.39 is 0 Å². The van der Waals surface area contributed by atoms with Crippen molar-refractivity contribution in [1.29, 1.82) is 0 Å². The molecule has 0 radical (unpaired) electrons. The number of rotatable bonds is 5. The van der Waals surface area contributed by atoms with Crippen LogP contribution in [-0.2, 0) is 0 Å². The summed E-state index contributed by atoms with van der Waals surface area (Å²) in [5.41, 5.74) is 0.361. The second-order valence-corrected chi connectivity index (χ2v) is 5.09. The summed E-state index contributed by atoms with van der Waals surface area (Å²) >= 11 is 0. The molecule has 0 aromatic carbocycles. The number of nitrogens with zero attached hydrogens (tertiary/aromatic N) is 3. The van der Waals surface area contributed by atoms with Crippen LogP contribution in [0.5, 0.6) is 6.01 Å². The topological polar surface area (TPSA) is 72.0 Å². The minimum Gasteiger partial charge on any atom is -0.467 e. The van der Waals surface area contributed by atoms with Gasteiger partial charge in [-0.15, -0.1) is 0 Å². The Balaban J connectivity index is 2.04. The highest BCUT2D eigenvalue weighted by molar-refractivity contribution is 5.35. The van der Waals surface area contributed by atoms with Crippen molar-refractivity contribution in [3.63, 3.8) is 0 Å². The first-order valence-corrected chi connectivity index (χ1v) is 6.37. The molecule has 6 heteroatoms. The maximum absolute atomic E-state index is 5.05. The van der Waals surface area contributed by atoms with Crippen molar-refractivity contribution in [1.82, 2.24) is 15.0 Å². The Bertz CT molecular complexity index is 381. The van der Waals surface area contributed by atoms with Gasteiger partial charge in [-0.1, -0.05) is 19.8 Å². The smallest absolute Gasteiger partial charge is 0.322 e. The summed E-state index contributed by atoms with van der Waals surface area (Å²) in [5.74, 6) is 1.08. The van der Waals surface area contributed by atoms with Crippen molar-refractivity contribution in [2.75, 3.05) is 31.3 Å². The largest absolute Gasteiger partial charge is 0.467 e. The van der Waals surface area contributed by atoms with Crippen molar-refractivity contribution >= 4 is 11.9 Å². The van der Waals surface area contributed by atoms with Crippen molar-refractivity contribution in [2.45, 2.75) is 32.6 Å². The van der Waals surface area contributed by atoms with Gasteiger partial charge in [-0.3, -0.25) is 0 Å². The molecule has 0 amide bonds. The summed E-state index contributed by atoms with van der Waals surface area (Å²) < 4.78 is 5.05. The van der Waals surface area contributed by atoms with Crippen LogP contribution >= 0.6 is 0 Å². The molecule has 0 spiro atoms. The molecule has 2 N–H and O–H groups in total. The minimum absolute atomic E-state index is 0.327. The number of aromatic nitrogens is 3. The maximum atomic E-state index is 5.05. The highest BCUT2D eigenvalue weighted by Crippen LogP contribution is 2.37. The van der Waals surface area contributed by atoms with Crippen LogP contribution in [0.4, 0.5) is 11.9 Å². The van der Waals surface area contributed by atoms with Crippen LogP contribution in [0.25, 0.3) is 0 Å². The number of ether oxygens (including phenoxy) is 1. The molecule has 2 rings (SSSR count). The molecule has 0 aliphatic heterocycles. The highest BCUT2D eigenvalue weighted by Gasteiger charge is 2.28. The van der Waals surface area contributed by atoms with Crippen molar-refractivity contribution in [3.05, 3.63) is 0 Å². The molecule has 1 aromatic rings. The van der Waals surface area contributed by atoms with E-state index >= 15 is 0 Å². The van der Waals surface area contributed by atoms with Gasteiger partial charge >= 0.3 is 6.01 Å². The van der Waals surface area contributed by atoms with Gasteiger partial charge in [-0.25, -0.2) is 0 Å². The molecule has 0 atom stereocenters. The second-order valence-electron chi connectivity index (χ2n) is 5.09. The first-order valence-electron chi connectivity index (χ1n) is 6.37. The molecule has 1 heterocycles. The van der Waals surface area contributed by atoms with Gasteiger partial charge < -0.3 is 15.4 Å². The van der Waals surface area contributed by atoms with Crippen molar-refractivity contribution < 1.29 is 4.74 Å². The zero-order valence-corrected chi connectivity index (χ0v) is 11.3. The van der Waals surface area contributed by atoms with Crippen molar-refractivity contribution in [3.8, 4) is 6.01 Å². The van der Waals surface area contributed by atoms with E-state index in [4.69, 9.17) is 4.74 Å². The Labute approximate surface area is 108 Å². The number of hydrogen-bond donors (Lipinski definition) is 2. The third kappa shape index (κ3) is 3.00. The third-order valence-corrected chi connectivity index (χ3v) is 3.51. The van der Waals surface area contributed by atoms with E-state index in [1.165, 1.54) is 25.7 Å². The maximum Gasteiger partial charge on any atom is 0.322 e. The molecule has 1 aliphatic rings. The molecule has 18 heavy (non-hydrogen) atoms. The second kappa shape index (κ2) is 5.37. The molecule has 1 saturated carbocycles. The van der Waals surface area contributed by atoms with E-state index in [0.717, 1.165) is 6.54 Å². The number of nitrogens with one attached hydrogen (secondary N) is 2. The monoisotopic (exact) mass is 251 g/mol. The quantitative estimate of drug-likeness (QED) is 0.833. The fourth-order valence-electron chi connectivity index (χ4n) is 2.34. The average Bonchev–Trinajstić information content (AvgIpc) is 2.83. The van der Waals surface area contributed by atoms with Gasteiger partial charge in [0.15, 0.2) is 0 Å². The van der Waals surface area contributed by atoms with Gasteiger partial charge in [-0.2, -0.15) is 15.0 Å². The summed E-state index contributed by atoms with van der Waals surface area (Å²) in [6.45, 7) is 3.20. The number of anilines is 2. The lowest BCUT2D eigenvalue weighted by Crippen LogP contribution is -2.24. The predicted molar refractivity (Wildman–Crippen MR) is 71.0 cm³/mol. The van der Waals surface area contributed by atoms with Gasteiger partial charge in [-0.05, 0) is 18.3 Å². The summed E-state index contributed by atoms with van der Waals surface area (Å²) in [6.07, 6.45) is 5.17. The van der Waals surface area contributed by atoms with Crippen LogP contribution in [0.2, 0.25) is 0 Å². The third-order valence-electron chi connectivity index (χ3n) is 3.51. The molecule has 100 valence electrons. The van der Waals surface area contributed by atoms with Gasteiger partial charge in [0.2, 0.25) is 11.9 Å². The van der Waals surface area contributed by atoms with E-state index in [9.17, 15) is 0 Å². The van der Waals surface area contributed by atoms with Gasteiger partial charge in [0.25, 0.3) is 0 Å². The van der Waals surface area contributed by atoms with E-state index in [-0.39, 0.29) is 0 Å². The van der Waals surface area contributed by atoms with Crippen molar-refractivity contribution in [2.24, 2.45) is 5.41 Å². The molecule has 1 fully saturated rings. The molecule has 1 aromatic heterocycles. The van der Waals surface area contributed by atoms with E-state index in [0.29, 0.717) is 23.3 Å². The SMILES string of the molecule is CNc1nc(NCC2(C)CCCC2)nc(OC)n1. The normalized spacial score (nSPS) is 17.5. The lowest BCUT2D eigenvalue weighted by molar-refractivity contribution is 0.359. The first kappa shape index (κ1) is 12.9. The first-order chi connectivity index (χ1) is 8.65. The van der Waals surface area contributed by atoms with Crippen LogP contribution < -0.4 is 15.4 Å². The minimum atomic E-state index is 0.327. The molecule has 0 saturated heterocycles. The lowest BCUT2D eigenvalue weighted by atomic mass is 9.89. The summed E-state index contributed by atoms with van der Waals surface area (Å²) in [5, 5.41) is 6.19. The molecule has 0 bridgehead atoms. The number of methoxy groups -OCH3 is 1. The molecular weight excluding hydrogens is 230 g/mol. The molecule has 1 aliphatic carbocycles. The van der Waals surface area contributed by atoms with Crippen LogP contribution in [0.3, 0.4) is 0 Å². The van der Waals surface area contributed by atoms with Crippen LogP contribution in [-0.4, -0.2) is 35.7 Å². The summed E-state index contributed by atoms with van der Waals surface area (Å²) in [6, 6.07) is 0.327. The Morgan fingerprint density at radius 1 is 1.17 bits per heavy atom. The van der Waals surface area contributed by atoms with Gasteiger partial charge in [0.05, 0.1) is 7.11 Å². The van der Waals surface area contributed by atoms with Crippen LogP contribution in [0.1, 0.15) is 32.6 Å². The average molecular weight is 251 g/mol. The summed E-state index contributed by atoms with van der Waals surface area (Å²) in [7, 11) is 3.33. The van der Waals surface area contributed by atoms with E-state index in [1.54, 1.807) is 14.2 Å². The Hall–Kier alpha value is -1.59. The highest BCUT2D eigenvalue weighted by atomic mass is 16.5. The summed E-state index contributed by atoms with van der Waals surface area (Å²) in [4.78, 5) is 12.5. The zero-order chi connectivity index (χ0) is 13.0. The number of hydrogen-bond acceptors (Lipinski definition) is 6. The standard InChI is InChI=1S/C12H21N5O/c1-12(6-4-5-7-12)8-14-10-15-9(13-2)16-11(17-10)18-3/h4-8H2,1-3H3,(H2,13,14,15,16,17). The Morgan fingerprint density at radius 3 is 2.44 bits per heavy atom. The van der Waals surface area contributed by atoms with E-state index in [2.05, 4.69) is 32.5 Å². The molecule has 0 unspecified atom stereocenters.